The van der Waals surface area contributed by atoms with Crippen LogP contribution in [0.3, 0.4) is 0 Å². The summed E-state index contributed by atoms with van der Waals surface area (Å²) in [5.41, 5.74) is 5.78. The summed E-state index contributed by atoms with van der Waals surface area (Å²) in [7, 11) is -3.71. The zero-order valence-electron chi connectivity index (χ0n) is 14.1. The zero-order valence-corrected chi connectivity index (χ0v) is 14.9. The van der Waals surface area contributed by atoms with Gasteiger partial charge in [0.1, 0.15) is 5.84 Å². The predicted molar refractivity (Wildman–Crippen MR) is 96.9 cm³/mol. The van der Waals surface area contributed by atoms with Gasteiger partial charge < -0.3 is 11.1 Å². The van der Waals surface area contributed by atoms with Crippen LogP contribution in [0.25, 0.3) is 0 Å². The SMILES string of the molecule is NC1(C(=O)Nc2cccc(S(=O)(=O)NC3=NCCC3)c2)CCCCC1. The van der Waals surface area contributed by atoms with Gasteiger partial charge in [-0.3, -0.25) is 14.5 Å². The molecule has 136 valence electrons. The summed E-state index contributed by atoms with van der Waals surface area (Å²) < 4.78 is 27.4. The Morgan fingerprint density at radius 3 is 2.60 bits per heavy atom. The lowest BCUT2D eigenvalue weighted by molar-refractivity contribution is -0.122. The van der Waals surface area contributed by atoms with Crippen LogP contribution in [0.5, 0.6) is 0 Å². The summed E-state index contributed by atoms with van der Waals surface area (Å²) in [6.07, 6.45) is 5.75. The lowest BCUT2D eigenvalue weighted by atomic mass is 9.82. The lowest BCUT2D eigenvalue weighted by Gasteiger charge is -2.31. The standard InChI is InChI=1S/C17H24N4O3S/c18-17(9-2-1-3-10-17)16(22)20-13-6-4-7-14(12-13)25(23,24)21-15-8-5-11-19-15/h4,6-7,12H,1-3,5,8-11,18H2,(H,19,21)(H,20,22). The molecule has 1 heterocycles. The number of rotatable bonds is 4. The third kappa shape index (κ3) is 4.19. The molecule has 0 aromatic heterocycles. The highest BCUT2D eigenvalue weighted by atomic mass is 32.2. The van der Waals surface area contributed by atoms with Gasteiger partial charge in [0.15, 0.2) is 0 Å². The van der Waals surface area contributed by atoms with Gasteiger partial charge in [0, 0.05) is 18.7 Å². The van der Waals surface area contributed by atoms with Crippen molar-refractivity contribution in [2.45, 2.75) is 55.4 Å². The number of nitrogens with zero attached hydrogens (tertiary/aromatic N) is 1. The quantitative estimate of drug-likeness (QED) is 0.755. The van der Waals surface area contributed by atoms with Crippen LogP contribution < -0.4 is 15.8 Å². The fourth-order valence-corrected chi connectivity index (χ4v) is 4.38. The largest absolute Gasteiger partial charge is 0.324 e. The number of amidine groups is 1. The molecule has 1 saturated carbocycles. The van der Waals surface area contributed by atoms with Gasteiger partial charge in [-0.05, 0) is 37.5 Å². The van der Waals surface area contributed by atoms with Gasteiger partial charge in [-0.2, -0.15) is 0 Å². The molecule has 7 nitrogen and oxygen atoms in total. The van der Waals surface area contributed by atoms with Crippen molar-refractivity contribution < 1.29 is 13.2 Å². The summed E-state index contributed by atoms with van der Waals surface area (Å²) in [5.74, 6) is 0.229. The number of sulfonamides is 1. The van der Waals surface area contributed by atoms with Crippen LogP contribution in [-0.4, -0.2) is 32.2 Å². The van der Waals surface area contributed by atoms with Gasteiger partial charge >= 0.3 is 0 Å². The average Bonchev–Trinajstić information content (AvgIpc) is 3.08. The number of carbonyl (C=O) groups is 1. The Bertz CT molecular complexity index is 783. The molecule has 1 fully saturated rings. The Morgan fingerprint density at radius 1 is 1.16 bits per heavy atom. The van der Waals surface area contributed by atoms with E-state index in [4.69, 9.17) is 5.73 Å². The van der Waals surface area contributed by atoms with Crippen LogP contribution in [-0.2, 0) is 14.8 Å². The molecular weight excluding hydrogens is 340 g/mol. The monoisotopic (exact) mass is 364 g/mol. The van der Waals surface area contributed by atoms with Gasteiger partial charge in [-0.25, -0.2) is 8.42 Å². The number of amides is 1. The number of carbonyl (C=O) groups excluding carboxylic acids is 1. The maximum Gasteiger partial charge on any atom is 0.262 e. The topological polar surface area (TPSA) is 114 Å². The first-order chi connectivity index (χ1) is 11.9. The maximum atomic E-state index is 12.5. The van der Waals surface area contributed by atoms with Gasteiger partial charge in [0.25, 0.3) is 10.0 Å². The van der Waals surface area contributed by atoms with Crippen LogP contribution >= 0.6 is 0 Å². The third-order valence-corrected chi connectivity index (χ3v) is 6.11. The lowest BCUT2D eigenvalue weighted by Crippen LogP contribution is -2.52. The van der Waals surface area contributed by atoms with Crippen molar-refractivity contribution in [1.82, 2.24) is 4.72 Å². The number of nitrogens with two attached hydrogens (primary N) is 1. The Balaban J connectivity index is 1.73. The Morgan fingerprint density at radius 2 is 1.92 bits per heavy atom. The summed E-state index contributed by atoms with van der Waals surface area (Å²) in [5, 5.41) is 2.77. The minimum absolute atomic E-state index is 0.0922. The van der Waals surface area contributed by atoms with Crippen molar-refractivity contribution in [2.24, 2.45) is 10.7 Å². The summed E-state index contributed by atoms with van der Waals surface area (Å²) in [6.45, 7) is 0.645. The van der Waals surface area contributed by atoms with E-state index in [1.54, 1.807) is 12.1 Å². The smallest absolute Gasteiger partial charge is 0.262 e. The molecule has 1 aromatic carbocycles. The van der Waals surface area contributed by atoms with Crippen molar-refractivity contribution in [1.29, 1.82) is 0 Å². The van der Waals surface area contributed by atoms with E-state index in [1.807, 2.05) is 0 Å². The third-order valence-electron chi connectivity index (χ3n) is 4.73. The number of hydrogen-bond donors (Lipinski definition) is 3. The molecule has 1 amide bonds. The van der Waals surface area contributed by atoms with Gasteiger partial charge in [-0.15, -0.1) is 0 Å². The molecule has 0 radical (unpaired) electrons. The highest BCUT2D eigenvalue weighted by molar-refractivity contribution is 7.90. The average molecular weight is 364 g/mol. The molecule has 1 aliphatic heterocycles. The second-order valence-corrected chi connectivity index (χ2v) is 8.42. The normalized spacial score (nSPS) is 20.0. The molecule has 8 heteroatoms. The summed E-state index contributed by atoms with van der Waals surface area (Å²) in [4.78, 5) is 16.7. The van der Waals surface area contributed by atoms with Gasteiger partial charge in [-0.1, -0.05) is 25.3 Å². The van der Waals surface area contributed by atoms with Gasteiger partial charge in [0.2, 0.25) is 5.91 Å². The van der Waals surface area contributed by atoms with E-state index in [0.29, 0.717) is 37.3 Å². The second-order valence-electron chi connectivity index (χ2n) is 6.74. The number of nitrogens with one attached hydrogen (secondary N) is 2. The molecule has 1 aliphatic carbocycles. The Hall–Kier alpha value is -1.93. The molecule has 2 aliphatic rings. The van der Waals surface area contributed by atoms with Crippen LogP contribution in [0.4, 0.5) is 5.69 Å². The molecule has 3 rings (SSSR count). The first-order valence-electron chi connectivity index (χ1n) is 8.66. The van der Waals surface area contributed by atoms with Crippen molar-refractivity contribution >= 4 is 27.5 Å². The van der Waals surface area contributed by atoms with Crippen molar-refractivity contribution in [3.63, 3.8) is 0 Å². The first-order valence-corrected chi connectivity index (χ1v) is 10.1. The molecule has 25 heavy (non-hydrogen) atoms. The Kier molecular flexibility index (Phi) is 5.10. The van der Waals surface area contributed by atoms with Crippen LogP contribution in [0.2, 0.25) is 0 Å². The predicted octanol–water partition coefficient (Wildman–Crippen LogP) is 1.76. The highest BCUT2D eigenvalue weighted by Crippen LogP contribution is 2.27. The van der Waals surface area contributed by atoms with E-state index < -0.39 is 15.6 Å². The molecule has 1 aromatic rings. The fourth-order valence-electron chi connectivity index (χ4n) is 3.24. The Labute approximate surface area is 148 Å². The maximum absolute atomic E-state index is 12.5. The molecule has 4 N–H and O–H groups in total. The number of anilines is 1. The van der Waals surface area contributed by atoms with Crippen LogP contribution in [0.1, 0.15) is 44.9 Å². The molecular formula is C17H24N4O3S. The van der Waals surface area contributed by atoms with E-state index in [9.17, 15) is 13.2 Å². The summed E-state index contributed by atoms with van der Waals surface area (Å²) in [6, 6.07) is 6.20. The zero-order chi connectivity index (χ0) is 17.9. The van der Waals surface area contributed by atoms with Crippen molar-refractivity contribution in [2.75, 3.05) is 11.9 Å². The summed E-state index contributed by atoms with van der Waals surface area (Å²) >= 11 is 0. The van der Waals surface area contributed by atoms with E-state index in [1.165, 1.54) is 12.1 Å². The van der Waals surface area contributed by atoms with E-state index in [0.717, 1.165) is 25.7 Å². The first kappa shape index (κ1) is 17.9. The number of benzene rings is 1. The second kappa shape index (κ2) is 7.13. The van der Waals surface area contributed by atoms with Gasteiger partial charge in [0.05, 0.1) is 10.4 Å². The molecule has 0 spiro atoms. The number of hydrogen-bond acceptors (Lipinski definition) is 5. The molecule has 0 saturated heterocycles. The van der Waals surface area contributed by atoms with Crippen molar-refractivity contribution in [3.05, 3.63) is 24.3 Å². The van der Waals surface area contributed by atoms with Crippen LogP contribution in [0, 0.1) is 0 Å². The molecule has 0 bridgehead atoms. The highest BCUT2D eigenvalue weighted by Gasteiger charge is 2.35. The minimum atomic E-state index is -3.71. The molecule has 0 unspecified atom stereocenters. The van der Waals surface area contributed by atoms with Crippen LogP contribution in [0.15, 0.2) is 34.2 Å². The fraction of sp³-hybridized carbons (Fsp3) is 0.529. The molecule has 0 atom stereocenters. The van der Waals surface area contributed by atoms with Crippen molar-refractivity contribution in [3.8, 4) is 0 Å². The van der Waals surface area contributed by atoms with E-state index in [-0.39, 0.29) is 10.8 Å². The van der Waals surface area contributed by atoms with E-state index >= 15 is 0 Å². The number of aliphatic imine (C=N–C) groups is 1. The minimum Gasteiger partial charge on any atom is -0.324 e. The van der Waals surface area contributed by atoms with E-state index in [2.05, 4.69) is 15.0 Å².